The summed E-state index contributed by atoms with van der Waals surface area (Å²) in [5.74, 6) is 0.934. The van der Waals surface area contributed by atoms with E-state index >= 15 is 0 Å². The summed E-state index contributed by atoms with van der Waals surface area (Å²) < 4.78 is 5.46. The number of H-pyrrole nitrogens is 1. The minimum Gasteiger partial charge on any atom is -0.493 e. The Hall–Kier alpha value is -2.77. The second-order valence-corrected chi connectivity index (χ2v) is 4.48. The molecule has 0 aliphatic heterocycles. The van der Waals surface area contributed by atoms with Gasteiger partial charge in [0.1, 0.15) is 11.6 Å². The SMILES string of the molecule is CCCOc1cc(NCc2cn[nH]c2N)cc([N+](=O)[O-])c1. The molecule has 21 heavy (non-hydrogen) atoms. The maximum Gasteiger partial charge on any atom is 0.275 e. The molecule has 0 unspecified atom stereocenters. The number of rotatable bonds is 7. The lowest BCUT2D eigenvalue weighted by atomic mass is 10.2. The molecule has 0 amide bonds. The third-order valence-corrected chi connectivity index (χ3v) is 2.81. The van der Waals surface area contributed by atoms with E-state index in [1.807, 2.05) is 6.92 Å². The van der Waals surface area contributed by atoms with Gasteiger partial charge in [0.15, 0.2) is 0 Å². The van der Waals surface area contributed by atoms with Crippen LogP contribution in [-0.2, 0) is 6.54 Å². The molecule has 0 radical (unpaired) electrons. The molecule has 8 heteroatoms. The first kappa shape index (κ1) is 14.6. The molecule has 0 fully saturated rings. The maximum absolute atomic E-state index is 11.0. The highest BCUT2D eigenvalue weighted by Gasteiger charge is 2.11. The van der Waals surface area contributed by atoms with Crippen LogP contribution in [0.5, 0.6) is 5.75 Å². The van der Waals surface area contributed by atoms with Gasteiger partial charge in [0.05, 0.1) is 23.8 Å². The highest BCUT2D eigenvalue weighted by Crippen LogP contribution is 2.26. The molecule has 0 bridgehead atoms. The number of ether oxygens (including phenoxy) is 1. The molecule has 2 rings (SSSR count). The van der Waals surface area contributed by atoms with E-state index in [4.69, 9.17) is 10.5 Å². The summed E-state index contributed by atoms with van der Waals surface area (Å²) in [5, 5.41) is 20.5. The van der Waals surface area contributed by atoms with Crippen LogP contribution in [0.4, 0.5) is 17.2 Å². The van der Waals surface area contributed by atoms with Crippen molar-refractivity contribution in [2.75, 3.05) is 17.7 Å². The fraction of sp³-hybridized carbons (Fsp3) is 0.308. The molecule has 2 aromatic rings. The van der Waals surface area contributed by atoms with Crippen molar-refractivity contribution in [1.82, 2.24) is 10.2 Å². The van der Waals surface area contributed by atoms with Gasteiger partial charge in [-0.2, -0.15) is 5.10 Å². The average molecular weight is 291 g/mol. The quantitative estimate of drug-likeness (QED) is 0.532. The van der Waals surface area contributed by atoms with Gasteiger partial charge in [0, 0.05) is 29.9 Å². The second kappa shape index (κ2) is 6.60. The molecule has 1 heterocycles. The third kappa shape index (κ3) is 3.85. The average Bonchev–Trinajstić information content (AvgIpc) is 2.88. The number of nitrogens with two attached hydrogens (primary N) is 1. The highest BCUT2D eigenvalue weighted by atomic mass is 16.6. The van der Waals surface area contributed by atoms with Crippen LogP contribution in [0.1, 0.15) is 18.9 Å². The minimum absolute atomic E-state index is 0.0220. The predicted octanol–water partition coefficient (Wildman–Crippen LogP) is 2.30. The summed E-state index contributed by atoms with van der Waals surface area (Å²) in [7, 11) is 0. The van der Waals surface area contributed by atoms with Crippen molar-refractivity contribution in [3.05, 3.63) is 40.1 Å². The first-order valence-corrected chi connectivity index (χ1v) is 6.54. The fourth-order valence-electron chi connectivity index (χ4n) is 1.75. The molecule has 112 valence electrons. The number of nitro groups is 1. The number of hydrogen-bond acceptors (Lipinski definition) is 6. The van der Waals surface area contributed by atoms with E-state index in [9.17, 15) is 10.1 Å². The van der Waals surface area contributed by atoms with E-state index in [1.54, 1.807) is 12.3 Å². The van der Waals surface area contributed by atoms with Gasteiger partial charge in [-0.05, 0) is 6.42 Å². The van der Waals surface area contributed by atoms with Crippen LogP contribution in [0, 0.1) is 10.1 Å². The van der Waals surface area contributed by atoms with Gasteiger partial charge in [-0.3, -0.25) is 15.2 Å². The third-order valence-electron chi connectivity index (χ3n) is 2.81. The van der Waals surface area contributed by atoms with Crippen LogP contribution in [0.25, 0.3) is 0 Å². The summed E-state index contributed by atoms with van der Waals surface area (Å²) in [4.78, 5) is 10.5. The topological polar surface area (TPSA) is 119 Å². The Bertz CT molecular complexity index is 626. The lowest BCUT2D eigenvalue weighted by Crippen LogP contribution is -2.03. The summed E-state index contributed by atoms with van der Waals surface area (Å²) in [6, 6.07) is 4.58. The zero-order valence-corrected chi connectivity index (χ0v) is 11.6. The molecule has 0 aliphatic carbocycles. The van der Waals surface area contributed by atoms with Crippen LogP contribution in [0.3, 0.4) is 0 Å². The fourth-order valence-corrected chi connectivity index (χ4v) is 1.75. The molecular weight excluding hydrogens is 274 g/mol. The molecule has 0 saturated carbocycles. The van der Waals surface area contributed by atoms with Gasteiger partial charge in [-0.15, -0.1) is 0 Å². The van der Waals surface area contributed by atoms with E-state index in [1.165, 1.54) is 12.1 Å². The van der Waals surface area contributed by atoms with Crippen LogP contribution in [0.15, 0.2) is 24.4 Å². The Morgan fingerprint density at radius 2 is 2.29 bits per heavy atom. The van der Waals surface area contributed by atoms with Crippen LogP contribution in [0.2, 0.25) is 0 Å². The number of hydrogen-bond donors (Lipinski definition) is 3. The van der Waals surface area contributed by atoms with E-state index in [0.29, 0.717) is 30.4 Å². The molecule has 1 aromatic heterocycles. The van der Waals surface area contributed by atoms with Gasteiger partial charge in [0.25, 0.3) is 5.69 Å². The van der Waals surface area contributed by atoms with Crippen molar-refractivity contribution < 1.29 is 9.66 Å². The molecule has 1 aromatic carbocycles. The number of nitro benzene ring substituents is 1. The van der Waals surface area contributed by atoms with Gasteiger partial charge >= 0.3 is 0 Å². The van der Waals surface area contributed by atoms with Crippen LogP contribution >= 0.6 is 0 Å². The number of nitrogens with one attached hydrogen (secondary N) is 2. The van der Waals surface area contributed by atoms with Crippen LogP contribution in [-0.4, -0.2) is 21.7 Å². The van der Waals surface area contributed by atoms with E-state index in [2.05, 4.69) is 15.5 Å². The van der Waals surface area contributed by atoms with Gasteiger partial charge in [-0.25, -0.2) is 0 Å². The number of non-ortho nitro benzene ring substituents is 1. The first-order chi connectivity index (χ1) is 10.1. The number of nitrogens with zero attached hydrogens (tertiary/aromatic N) is 2. The molecule has 0 saturated heterocycles. The molecular formula is C13H17N5O3. The maximum atomic E-state index is 11.0. The number of nitrogen functional groups attached to an aromatic ring is 1. The summed E-state index contributed by atoms with van der Waals surface area (Å²) in [6.07, 6.45) is 2.44. The van der Waals surface area contributed by atoms with Crippen molar-refractivity contribution in [1.29, 1.82) is 0 Å². The standard InChI is InChI=1S/C13H17N5O3/c1-2-3-21-12-5-10(4-11(6-12)18(19)20)15-7-9-8-16-17-13(9)14/h4-6,8,15H,2-3,7H2,1H3,(H3,14,16,17). The van der Waals surface area contributed by atoms with Crippen molar-refractivity contribution >= 4 is 17.2 Å². The second-order valence-electron chi connectivity index (χ2n) is 4.48. The van der Waals surface area contributed by atoms with E-state index in [-0.39, 0.29) is 5.69 Å². The smallest absolute Gasteiger partial charge is 0.275 e. The summed E-state index contributed by atoms with van der Waals surface area (Å²) in [6.45, 7) is 2.89. The summed E-state index contributed by atoms with van der Waals surface area (Å²) in [5.41, 5.74) is 7.05. The van der Waals surface area contributed by atoms with Gasteiger partial charge < -0.3 is 15.8 Å². The van der Waals surface area contributed by atoms with Crippen molar-refractivity contribution in [3.8, 4) is 5.75 Å². The summed E-state index contributed by atoms with van der Waals surface area (Å²) >= 11 is 0. The first-order valence-electron chi connectivity index (χ1n) is 6.54. The van der Waals surface area contributed by atoms with E-state index < -0.39 is 4.92 Å². The Labute approximate surface area is 121 Å². The zero-order chi connectivity index (χ0) is 15.2. The van der Waals surface area contributed by atoms with Gasteiger partial charge in [-0.1, -0.05) is 6.92 Å². The molecule has 8 nitrogen and oxygen atoms in total. The predicted molar refractivity (Wildman–Crippen MR) is 79.2 cm³/mol. The Balaban J connectivity index is 2.15. The Morgan fingerprint density at radius 3 is 2.90 bits per heavy atom. The van der Waals surface area contributed by atoms with Crippen molar-refractivity contribution in [2.45, 2.75) is 19.9 Å². The molecule has 4 N–H and O–H groups in total. The number of benzene rings is 1. The van der Waals surface area contributed by atoms with Crippen molar-refractivity contribution in [2.24, 2.45) is 0 Å². The van der Waals surface area contributed by atoms with Crippen molar-refractivity contribution in [3.63, 3.8) is 0 Å². The zero-order valence-electron chi connectivity index (χ0n) is 11.6. The normalized spacial score (nSPS) is 10.3. The Kier molecular flexibility index (Phi) is 4.60. The van der Waals surface area contributed by atoms with E-state index in [0.717, 1.165) is 12.0 Å². The number of aromatic amines is 1. The highest BCUT2D eigenvalue weighted by molar-refractivity contribution is 5.57. The van der Waals surface area contributed by atoms with Crippen LogP contribution < -0.4 is 15.8 Å². The number of anilines is 2. The van der Waals surface area contributed by atoms with Gasteiger partial charge in [0.2, 0.25) is 0 Å². The minimum atomic E-state index is -0.448. The molecule has 0 spiro atoms. The molecule has 0 aliphatic rings. The lowest BCUT2D eigenvalue weighted by molar-refractivity contribution is -0.384. The largest absolute Gasteiger partial charge is 0.493 e. The molecule has 0 atom stereocenters. The monoisotopic (exact) mass is 291 g/mol. The Morgan fingerprint density at radius 1 is 1.48 bits per heavy atom. The number of aromatic nitrogens is 2. The lowest BCUT2D eigenvalue weighted by Gasteiger charge is -2.09.